The number of nitrogens with zero attached hydrogens (tertiary/aromatic N) is 3. The Hall–Kier alpha value is -9.23. The van der Waals surface area contributed by atoms with Gasteiger partial charge in [-0.05, 0) is 92.2 Å². The molecule has 2 fully saturated rings. The highest BCUT2D eigenvalue weighted by molar-refractivity contribution is 6.34. The molecule has 0 saturated carbocycles. The summed E-state index contributed by atoms with van der Waals surface area (Å²) < 4.78 is 51.1. The van der Waals surface area contributed by atoms with Crippen LogP contribution < -0.4 is 4.90 Å². The van der Waals surface area contributed by atoms with E-state index in [-0.39, 0.29) is 50.1 Å². The molecule has 2 aliphatic rings. The van der Waals surface area contributed by atoms with Gasteiger partial charge in [0, 0.05) is 5.69 Å². The lowest BCUT2D eigenvalue weighted by molar-refractivity contribution is -0.0749. The fraction of sp³-hybridized carbons (Fsp3) is 0.200. The molecule has 8 atom stereocenters. The van der Waals surface area contributed by atoms with E-state index in [9.17, 15) is 28.8 Å². The van der Waals surface area contributed by atoms with Gasteiger partial charge in [0.2, 0.25) is 5.95 Å². The Bertz CT molecular complexity index is 3280. The molecule has 2 saturated heterocycles. The van der Waals surface area contributed by atoms with Crippen LogP contribution in [-0.2, 0) is 37.9 Å². The SMILES string of the molecule is Cc1[nH]c2nc(N([C@@H]3O[C@H](COC(=O)c4ccccc4)[C@@H](OC(=O)c4ccccc4)[C@H]3OC(=O)c3ccccc3)[C@@H]3O[C@H](COC(=O)c4ccccc4)[C@@H](OC(=O)c4ccccc4)[C@H]3OC(=O)c3ccccc3)nc(Cl)c2c1C. The van der Waals surface area contributed by atoms with Crippen LogP contribution in [0.3, 0.4) is 0 Å². The molecule has 4 heterocycles. The number of aryl methyl sites for hydroxylation is 2. The average molecular weight is 1090 g/mol. The van der Waals surface area contributed by atoms with Crippen molar-refractivity contribution in [1.82, 2.24) is 15.0 Å². The van der Waals surface area contributed by atoms with Crippen LogP contribution in [0.5, 0.6) is 0 Å². The maximum atomic E-state index is 14.6. The molecule has 400 valence electrons. The van der Waals surface area contributed by atoms with E-state index in [1.807, 2.05) is 13.8 Å². The van der Waals surface area contributed by atoms with Crippen LogP contribution in [0.4, 0.5) is 5.95 Å². The summed E-state index contributed by atoms with van der Waals surface area (Å²) >= 11 is 7.11. The van der Waals surface area contributed by atoms with E-state index in [0.717, 1.165) is 5.56 Å². The highest BCUT2D eigenvalue weighted by Gasteiger charge is 2.60. The van der Waals surface area contributed by atoms with E-state index in [2.05, 4.69) is 4.98 Å². The summed E-state index contributed by atoms with van der Waals surface area (Å²) in [6.07, 6.45) is -13.2. The van der Waals surface area contributed by atoms with Gasteiger partial charge in [0.15, 0.2) is 36.9 Å². The van der Waals surface area contributed by atoms with Crippen molar-refractivity contribution in [2.45, 2.75) is 62.9 Å². The number of ether oxygens (including phenoxy) is 8. The van der Waals surface area contributed by atoms with E-state index in [4.69, 9.17) is 59.5 Å². The van der Waals surface area contributed by atoms with Gasteiger partial charge in [-0.2, -0.15) is 4.98 Å². The number of nitrogens with one attached hydrogen (secondary N) is 1. The largest absolute Gasteiger partial charge is 0.459 e. The molecule has 0 spiro atoms. The van der Waals surface area contributed by atoms with Crippen LogP contribution >= 0.6 is 11.6 Å². The zero-order chi connectivity index (χ0) is 55.0. The van der Waals surface area contributed by atoms with Crippen molar-refractivity contribution >= 4 is 64.4 Å². The van der Waals surface area contributed by atoms with Gasteiger partial charge in [0.25, 0.3) is 0 Å². The molecule has 0 bridgehead atoms. The number of hydrogen-bond acceptors (Lipinski definition) is 17. The molecule has 18 nitrogen and oxygen atoms in total. The Morgan fingerprint density at radius 3 is 1.09 bits per heavy atom. The van der Waals surface area contributed by atoms with Gasteiger partial charge in [-0.15, -0.1) is 0 Å². The van der Waals surface area contributed by atoms with Gasteiger partial charge in [-0.1, -0.05) is 121 Å². The number of halogens is 1. The average Bonchev–Trinajstić information content (AvgIpc) is 4.19. The quantitative estimate of drug-likeness (QED) is 0.0510. The first-order valence-corrected chi connectivity index (χ1v) is 25.4. The molecule has 19 heteroatoms. The van der Waals surface area contributed by atoms with E-state index in [1.54, 1.807) is 133 Å². The lowest BCUT2D eigenvalue weighted by Gasteiger charge is -2.38. The zero-order valence-corrected chi connectivity index (χ0v) is 43.0. The molecule has 0 unspecified atom stereocenters. The highest BCUT2D eigenvalue weighted by Crippen LogP contribution is 2.41. The standard InChI is InChI=1S/C60H49ClN4O14/c1-35-36(2)62-51-45(35)50(61)63-60(64-51)65(52-48(78-58(70)41-29-17-7-18-30-41)46(76-56(68)39-25-13-5-14-26-39)43(74-52)33-72-54(66)37-21-9-3-10-22-37)53-49(79-59(71)42-31-19-8-20-32-42)47(77-57(69)40-27-15-6-16-28-40)44(75-53)34-73-55(67)38-23-11-4-12-24-38/h3-32,43-44,46-49,52-53H,33-34H2,1-2H3,(H,62,63,64)/t43-,44-,46-,47-,48-,49-,52-,53-/m1/s1. The van der Waals surface area contributed by atoms with E-state index >= 15 is 0 Å². The number of rotatable bonds is 17. The fourth-order valence-corrected chi connectivity index (χ4v) is 9.46. The Morgan fingerprint density at radius 2 is 0.759 bits per heavy atom. The van der Waals surface area contributed by atoms with E-state index in [0.29, 0.717) is 11.1 Å². The third-order valence-electron chi connectivity index (χ3n) is 13.2. The topological polar surface area (TPSA) is 221 Å². The second-order valence-corrected chi connectivity index (χ2v) is 18.7. The number of carbonyl (C=O) groups excluding carboxylic acids is 6. The van der Waals surface area contributed by atoms with Gasteiger partial charge < -0.3 is 42.9 Å². The molecule has 79 heavy (non-hydrogen) atoms. The molecule has 0 radical (unpaired) electrons. The molecule has 8 aromatic rings. The smallest absolute Gasteiger partial charge is 0.338 e. The Balaban J connectivity index is 1.16. The van der Waals surface area contributed by atoms with Gasteiger partial charge in [-0.25, -0.2) is 33.8 Å². The molecule has 10 rings (SSSR count). The minimum absolute atomic E-state index is 0.0701. The number of hydrogen-bond donors (Lipinski definition) is 1. The van der Waals surface area contributed by atoms with Crippen molar-refractivity contribution in [3.63, 3.8) is 0 Å². The summed E-state index contributed by atoms with van der Waals surface area (Å²) in [5.74, 6) is -5.41. The Labute approximate surface area is 457 Å². The number of benzene rings is 6. The summed E-state index contributed by atoms with van der Waals surface area (Å²) in [5.41, 5.74) is 2.39. The van der Waals surface area contributed by atoms with Gasteiger partial charge in [0.05, 0.1) is 38.8 Å². The Kier molecular flexibility index (Phi) is 16.1. The monoisotopic (exact) mass is 1080 g/mol. The second kappa shape index (κ2) is 24.0. The normalized spacial score (nSPS) is 20.4. The zero-order valence-electron chi connectivity index (χ0n) is 42.3. The van der Waals surface area contributed by atoms with Crippen LogP contribution in [0.1, 0.15) is 73.4 Å². The van der Waals surface area contributed by atoms with Crippen LogP contribution in [0, 0.1) is 13.8 Å². The maximum absolute atomic E-state index is 14.6. The van der Waals surface area contributed by atoms with Crippen LogP contribution in [-0.4, -0.2) is 113 Å². The molecule has 1 N–H and O–H groups in total. The summed E-state index contributed by atoms with van der Waals surface area (Å²) in [5, 5.41) is 0.377. The van der Waals surface area contributed by atoms with Crippen LogP contribution in [0.25, 0.3) is 11.0 Å². The number of anilines is 1. The van der Waals surface area contributed by atoms with Gasteiger partial charge in [0.1, 0.15) is 36.2 Å². The van der Waals surface area contributed by atoms with Crippen LogP contribution in [0.2, 0.25) is 5.15 Å². The minimum atomic E-state index is -1.77. The maximum Gasteiger partial charge on any atom is 0.338 e. The lowest BCUT2D eigenvalue weighted by atomic mass is 10.1. The summed E-state index contributed by atoms with van der Waals surface area (Å²) in [6.45, 7) is 2.42. The highest BCUT2D eigenvalue weighted by atomic mass is 35.5. The molecular formula is C60H49ClN4O14. The predicted octanol–water partition coefficient (Wildman–Crippen LogP) is 9.10. The fourth-order valence-electron chi connectivity index (χ4n) is 9.15. The van der Waals surface area contributed by atoms with Crippen LogP contribution in [0.15, 0.2) is 182 Å². The summed E-state index contributed by atoms with van der Waals surface area (Å²) in [7, 11) is 0. The number of carbonyl (C=O) groups is 6. The number of aromatic amines is 1. The van der Waals surface area contributed by atoms with Crippen molar-refractivity contribution < 1.29 is 66.7 Å². The third kappa shape index (κ3) is 11.9. The summed E-state index contributed by atoms with van der Waals surface area (Å²) in [4.78, 5) is 99.4. The molecule has 6 aromatic carbocycles. The first-order chi connectivity index (χ1) is 38.4. The van der Waals surface area contributed by atoms with Crippen molar-refractivity contribution in [2.24, 2.45) is 0 Å². The number of aromatic nitrogens is 3. The number of esters is 6. The summed E-state index contributed by atoms with van der Waals surface area (Å²) in [6, 6.07) is 48.1. The molecule has 2 aromatic heterocycles. The first kappa shape index (κ1) is 53.2. The van der Waals surface area contributed by atoms with Crippen molar-refractivity contribution in [3.05, 3.63) is 232 Å². The third-order valence-corrected chi connectivity index (χ3v) is 13.5. The molecule has 0 aliphatic carbocycles. The number of fused-ring (bicyclic) bond motifs is 1. The van der Waals surface area contributed by atoms with Gasteiger partial charge in [-0.3, -0.25) is 4.90 Å². The molecule has 2 aliphatic heterocycles. The van der Waals surface area contributed by atoms with Crippen molar-refractivity contribution in [2.75, 3.05) is 18.1 Å². The van der Waals surface area contributed by atoms with E-state index < -0.39 is 98.1 Å². The lowest BCUT2D eigenvalue weighted by Crippen LogP contribution is -2.57. The number of H-pyrrole nitrogens is 1. The minimum Gasteiger partial charge on any atom is -0.459 e. The molecule has 0 amide bonds. The molecular weight excluding hydrogens is 1040 g/mol. The predicted molar refractivity (Wildman–Crippen MR) is 284 cm³/mol. The van der Waals surface area contributed by atoms with Gasteiger partial charge >= 0.3 is 35.8 Å². The van der Waals surface area contributed by atoms with Crippen molar-refractivity contribution in [1.29, 1.82) is 0 Å². The van der Waals surface area contributed by atoms with Crippen molar-refractivity contribution in [3.8, 4) is 0 Å². The first-order valence-electron chi connectivity index (χ1n) is 25.0. The van der Waals surface area contributed by atoms with E-state index in [1.165, 1.54) is 53.4 Å². The second-order valence-electron chi connectivity index (χ2n) is 18.3. The Morgan fingerprint density at radius 1 is 0.456 bits per heavy atom.